The van der Waals surface area contributed by atoms with Gasteiger partial charge < -0.3 is 44.8 Å². The molecule has 0 aromatic heterocycles. The highest BCUT2D eigenvalue weighted by Crippen LogP contribution is 2.35. The first-order chi connectivity index (χ1) is 15.2. The summed E-state index contributed by atoms with van der Waals surface area (Å²) >= 11 is 0. The molecule has 6 N–H and O–H groups in total. The van der Waals surface area contributed by atoms with Crippen LogP contribution in [-0.2, 0) is 4.74 Å². The molecule has 0 spiro atoms. The molecule has 3 rings (SSSR count). The highest BCUT2D eigenvalue weighted by Gasteiger charge is 2.44. The van der Waals surface area contributed by atoms with Crippen molar-refractivity contribution in [2.24, 2.45) is 0 Å². The second-order valence-corrected chi connectivity index (χ2v) is 7.12. The van der Waals surface area contributed by atoms with E-state index in [2.05, 4.69) is 0 Å². The molecule has 1 aliphatic rings. The predicted octanol–water partition coefficient (Wildman–Crippen LogP) is 0.181. The maximum Gasteiger partial charge on any atom is 0.229 e. The van der Waals surface area contributed by atoms with Crippen molar-refractivity contribution in [1.82, 2.24) is 0 Å². The summed E-state index contributed by atoms with van der Waals surface area (Å²) in [5.41, 5.74) is 0.515. The van der Waals surface area contributed by atoms with Gasteiger partial charge in [0.15, 0.2) is 5.78 Å². The number of aromatic hydroxyl groups is 2. The van der Waals surface area contributed by atoms with Crippen LogP contribution < -0.4 is 9.47 Å². The van der Waals surface area contributed by atoms with E-state index < -0.39 is 48.8 Å². The number of methoxy groups -OCH3 is 1. The summed E-state index contributed by atoms with van der Waals surface area (Å²) in [6.45, 7) is -0.625. The van der Waals surface area contributed by atoms with Gasteiger partial charge in [-0.05, 0) is 23.8 Å². The number of aliphatic hydroxyl groups is 4. The van der Waals surface area contributed by atoms with Gasteiger partial charge in [-0.25, -0.2) is 0 Å². The van der Waals surface area contributed by atoms with E-state index in [1.165, 1.54) is 37.5 Å². The van der Waals surface area contributed by atoms with Crippen LogP contribution in [0.5, 0.6) is 23.0 Å². The van der Waals surface area contributed by atoms with Gasteiger partial charge >= 0.3 is 0 Å². The minimum Gasteiger partial charge on any atom is -0.508 e. The van der Waals surface area contributed by atoms with E-state index in [-0.39, 0.29) is 22.8 Å². The third-order valence-electron chi connectivity index (χ3n) is 4.94. The lowest BCUT2D eigenvalue weighted by Crippen LogP contribution is -2.60. The number of benzene rings is 2. The zero-order chi connectivity index (χ0) is 23.4. The summed E-state index contributed by atoms with van der Waals surface area (Å²) < 4.78 is 15.9. The number of hydrogen-bond donors (Lipinski definition) is 6. The summed E-state index contributed by atoms with van der Waals surface area (Å²) in [6, 6.07) is 8.52. The zero-order valence-electron chi connectivity index (χ0n) is 17.0. The molecule has 0 amide bonds. The number of rotatable bonds is 7. The number of allylic oxidation sites excluding steroid dienone is 1. The van der Waals surface area contributed by atoms with Gasteiger partial charge in [0, 0.05) is 12.1 Å². The number of phenols is 2. The first-order valence-corrected chi connectivity index (χ1v) is 9.64. The number of carbonyl (C=O) groups excluding carboxylic acids is 1. The number of aliphatic hydroxyl groups excluding tert-OH is 4. The average molecular weight is 448 g/mol. The van der Waals surface area contributed by atoms with Crippen LogP contribution in [0.15, 0.2) is 42.5 Å². The van der Waals surface area contributed by atoms with Gasteiger partial charge in [-0.2, -0.15) is 0 Å². The van der Waals surface area contributed by atoms with Crippen LogP contribution in [0, 0.1) is 0 Å². The van der Waals surface area contributed by atoms with Crippen LogP contribution in [0.4, 0.5) is 0 Å². The molecule has 1 heterocycles. The maximum atomic E-state index is 12.6. The molecule has 10 nitrogen and oxygen atoms in total. The topological polar surface area (TPSA) is 166 Å². The van der Waals surface area contributed by atoms with Gasteiger partial charge in [-0.15, -0.1) is 0 Å². The minimum atomic E-state index is -1.64. The lowest BCUT2D eigenvalue weighted by atomic mass is 9.99. The number of ether oxygens (including phenoxy) is 3. The molecule has 1 saturated heterocycles. The van der Waals surface area contributed by atoms with Crippen LogP contribution in [0.1, 0.15) is 15.9 Å². The Bertz CT molecular complexity index is 969. The van der Waals surface area contributed by atoms with Crippen molar-refractivity contribution in [3.8, 4) is 23.0 Å². The molecule has 32 heavy (non-hydrogen) atoms. The Labute approximate surface area is 183 Å². The fraction of sp³-hybridized carbons (Fsp3) is 0.318. The normalized spacial score (nSPS) is 25.6. The van der Waals surface area contributed by atoms with Crippen molar-refractivity contribution in [3.63, 3.8) is 0 Å². The lowest BCUT2D eigenvalue weighted by molar-refractivity contribution is -0.277. The highest BCUT2D eigenvalue weighted by atomic mass is 16.7. The first kappa shape index (κ1) is 23.5. The van der Waals surface area contributed by atoms with Gasteiger partial charge in [0.05, 0.1) is 13.7 Å². The molecule has 2 aromatic rings. The second-order valence-electron chi connectivity index (χ2n) is 7.12. The van der Waals surface area contributed by atoms with E-state index in [9.17, 15) is 35.4 Å². The summed E-state index contributed by atoms with van der Waals surface area (Å²) in [7, 11) is 1.28. The standard InChI is InChI=1S/C22H24O10/c1-30-16-9-13(31-22-21(29)20(28)19(27)17(10-23)32-22)8-15(26)18(16)14(25)7-4-11-2-5-12(24)6-3-11/h2-9,17,19-24,26-29H,10H2,1H3/b7-4+/t17-,19-,20+,21-,22-/m1/s1. The lowest BCUT2D eigenvalue weighted by Gasteiger charge is -2.39. The van der Waals surface area contributed by atoms with E-state index in [0.717, 1.165) is 6.07 Å². The smallest absolute Gasteiger partial charge is 0.229 e. The Morgan fingerprint density at radius 1 is 1.06 bits per heavy atom. The fourth-order valence-corrected chi connectivity index (χ4v) is 3.19. The molecule has 5 atom stereocenters. The summed E-state index contributed by atoms with van der Waals surface area (Å²) in [5.74, 6) is -1.02. The molecule has 0 unspecified atom stereocenters. The molecule has 1 aliphatic heterocycles. The SMILES string of the molecule is COc1cc(O[C@@H]2O[C@H](CO)[C@@H](O)[C@H](O)[C@H]2O)cc(O)c1C(=O)/C=C/c1ccc(O)cc1. The van der Waals surface area contributed by atoms with Crippen LogP contribution >= 0.6 is 0 Å². The Hall–Kier alpha value is -3.15. The van der Waals surface area contributed by atoms with E-state index in [1.807, 2.05) is 0 Å². The maximum absolute atomic E-state index is 12.6. The van der Waals surface area contributed by atoms with Crippen LogP contribution in [0.3, 0.4) is 0 Å². The molecule has 0 aliphatic carbocycles. The molecular formula is C22H24O10. The number of ketones is 1. The number of hydrogen-bond acceptors (Lipinski definition) is 10. The van der Waals surface area contributed by atoms with E-state index in [0.29, 0.717) is 5.56 Å². The van der Waals surface area contributed by atoms with E-state index in [1.54, 1.807) is 12.1 Å². The Balaban J connectivity index is 1.81. The zero-order valence-corrected chi connectivity index (χ0v) is 17.0. The third kappa shape index (κ3) is 5.01. The van der Waals surface area contributed by atoms with Crippen molar-refractivity contribution >= 4 is 11.9 Å². The predicted molar refractivity (Wildman–Crippen MR) is 111 cm³/mol. The molecule has 0 bridgehead atoms. The molecule has 172 valence electrons. The fourth-order valence-electron chi connectivity index (χ4n) is 3.19. The van der Waals surface area contributed by atoms with Gasteiger partial charge in [0.1, 0.15) is 53.0 Å². The number of phenolic OH excluding ortho intramolecular Hbond substituents is 2. The van der Waals surface area contributed by atoms with Crippen molar-refractivity contribution in [2.45, 2.75) is 30.7 Å². The average Bonchev–Trinajstić information content (AvgIpc) is 2.78. The molecule has 1 fully saturated rings. The third-order valence-corrected chi connectivity index (χ3v) is 4.94. The van der Waals surface area contributed by atoms with Crippen LogP contribution in [0.25, 0.3) is 6.08 Å². The van der Waals surface area contributed by atoms with Crippen molar-refractivity contribution in [3.05, 3.63) is 53.6 Å². The quantitative estimate of drug-likeness (QED) is 0.254. The van der Waals surface area contributed by atoms with Gasteiger partial charge in [0.25, 0.3) is 0 Å². The molecule has 10 heteroatoms. The molecule has 0 radical (unpaired) electrons. The largest absolute Gasteiger partial charge is 0.508 e. The molecule has 2 aromatic carbocycles. The highest BCUT2D eigenvalue weighted by molar-refractivity contribution is 6.10. The van der Waals surface area contributed by atoms with Crippen molar-refractivity contribution in [2.75, 3.05) is 13.7 Å². The molecular weight excluding hydrogens is 424 g/mol. The summed E-state index contributed by atoms with van der Waals surface area (Å²) in [6.07, 6.45) is -4.73. The minimum absolute atomic E-state index is 0.0232. The first-order valence-electron chi connectivity index (χ1n) is 9.64. The van der Waals surface area contributed by atoms with Gasteiger partial charge in [-0.1, -0.05) is 18.2 Å². The molecule has 0 saturated carbocycles. The Kier molecular flexibility index (Phi) is 7.33. The summed E-state index contributed by atoms with van der Waals surface area (Å²) in [4.78, 5) is 12.6. The number of carbonyl (C=O) groups is 1. The monoisotopic (exact) mass is 448 g/mol. The Morgan fingerprint density at radius 2 is 1.75 bits per heavy atom. The van der Waals surface area contributed by atoms with E-state index in [4.69, 9.17) is 14.2 Å². The van der Waals surface area contributed by atoms with Crippen LogP contribution in [-0.4, -0.2) is 80.8 Å². The van der Waals surface area contributed by atoms with Crippen LogP contribution in [0.2, 0.25) is 0 Å². The Morgan fingerprint density at radius 3 is 2.38 bits per heavy atom. The van der Waals surface area contributed by atoms with Gasteiger partial charge in [0.2, 0.25) is 6.29 Å². The van der Waals surface area contributed by atoms with Crippen molar-refractivity contribution in [1.29, 1.82) is 0 Å². The second kappa shape index (κ2) is 9.98. The van der Waals surface area contributed by atoms with Crippen molar-refractivity contribution < 1.29 is 49.6 Å². The van der Waals surface area contributed by atoms with Gasteiger partial charge in [-0.3, -0.25) is 4.79 Å². The van der Waals surface area contributed by atoms with E-state index >= 15 is 0 Å². The summed E-state index contributed by atoms with van der Waals surface area (Å²) in [5, 5.41) is 58.8.